The Balaban J connectivity index is 1.55. The van der Waals surface area contributed by atoms with Gasteiger partial charge in [-0.1, -0.05) is 31.9 Å². The van der Waals surface area contributed by atoms with Gasteiger partial charge >= 0.3 is 0 Å². The van der Waals surface area contributed by atoms with Gasteiger partial charge in [0.15, 0.2) is 5.78 Å². The maximum atomic E-state index is 13.0. The molecular weight excluding hydrogens is 414 g/mol. The Morgan fingerprint density at radius 2 is 1.81 bits per heavy atom. The van der Waals surface area contributed by atoms with Gasteiger partial charge in [0.2, 0.25) is 5.91 Å². The molecule has 31 heavy (non-hydrogen) atoms. The van der Waals surface area contributed by atoms with E-state index >= 15 is 0 Å². The summed E-state index contributed by atoms with van der Waals surface area (Å²) in [4.78, 5) is 29.7. The zero-order valence-electron chi connectivity index (χ0n) is 17.3. The molecule has 0 saturated heterocycles. The molecule has 2 aromatic carbocycles. The number of anilines is 1. The second-order valence-corrected chi connectivity index (χ2v) is 9.63. The van der Waals surface area contributed by atoms with E-state index in [0.717, 1.165) is 37.7 Å². The summed E-state index contributed by atoms with van der Waals surface area (Å²) in [5, 5.41) is 2.92. The number of ketones is 1. The minimum atomic E-state index is -3.90. The van der Waals surface area contributed by atoms with E-state index in [1.807, 2.05) is 19.1 Å². The Hall–Kier alpha value is -3.00. The third-order valence-corrected chi connectivity index (χ3v) is 7.17. The Labute approximate surface area is 182 Å². The molecule has 1 atom stereocenters. The second-order valence-electron chi connectivity index (χ2n) is 7.94. The van der Waals surface area contributed by atoms with Crippen LogP contribution in [-0.4, -0.2) is 32.4 Å². The number of rotatable bonds is 6. The lowest BCUT2D eigenvalue weighted by molar-refractivity contribution is -0.122. The van der Waals surface area contributed by atoms with Crippen molar-refractivity contribution in [1.29, 1.82) is 0 Å². The van der Waals surface area contributed by atoms with Gasteiger partial charge in [-0.3, -0.25) is 19.3 Å². The number of nitrogens with one attached hydrogen (secondary N) is 2. The van der Waals surface area contributed by atoms with Crippen LogP contribution in [0.4, 0.5) is 11.4 Å². The highest BCUT2D eigenvalue weighted by Gasteiger charge is 2.33. The summed E-state index contributed by atoms with van der Waals surface area (Å²) in [5.41, 5.74) is 2.04. The van der Waals surface area contributed by atoms with Gasteiger partial charge in [-0.25, -0.2) is 8.42 Å². The highest BCUT2D eigenvalue weighted by molar-refractivity contribution is 7.92. The van der Waals surface area contributed by atoms with E-state index < -0.39 is 21.7 Å². The number of nitrogens with zero attached hydrogens (tertiary/aromatic N) is 1. The minimum absolute atomic E-state index is 0.0498. The van der Waals surface area contributed by atoms with E-state index in [1.165, 1.54) is 24.4 Å². The average Bonchev–Trinajstić information content (AvgIpc) is 3.27. The van der Waals surface area contributed by atoms with Gasteiger partial charge in [-0.05, 0) is 55.2 Å². The van der Waals surface area contributed by atoms with Gasteiger partial charge in [-0.15, -0.1) is 0 Å². The lowest BCUT2D eigenvalue weighted by Gasteiger charge is -2.20. The number of fused-ring (bicyclic) bond motifs is 1. The Bertz CT molecular complexity index is 1130. The molecule has 162 valence electrons. The van der Waals surface area contributed by atoms with E-state index in [4.69, 9.17) is 0 Å². The number of hydrogen-bond donors (Lipinski definition) is 2. The van der Waals surface area contributed by atoms with Crippen molar-refractivity contribution in [1.82, 2.24) is 5.32 Å². The normalized spacial score (nSPS) is 18.6. The molecule has 1 heterocycles. The van der Waals surface area contributed by atoms with Crippen LogP contribution >= 0.6 is 0 Å². The fourth-order valence-electron chi connectivity index (χ4n) is 3.95. The van der Waals surface area contributed by atoms with E-state index in [0.29, 0.717) is 11.4 Å². The van der Waals surface area contributed by atoms with Crippen LogP contribution in [0.3, 0.4) is 0 Å². The van der Waals surface area contributed by atoms with Crippen LogP contribution < -0.4 is 10.0 Å². The first-order chi connectivity index (χ1) is 14.9. The molecule has 1 fully saturated rings. The average molecular weight is 440 g/mol. The van der Waals surface area contributed by atoms with Gasteiger partial charge < -0.3 is 5.32 Å². The van der Waals surface area contributed by atoms with Crippen LogP contribution in [0, 0.1) is 5.92 Å². The molecule has 0 spiro atoms. The van der Waals surface area contributed by atoms with Crippen LogP contribution in [0.25, 0.3) is 0 Å². The molecule has 0 radical (unpaired) electrons. The number of aliphatic imine (C=N–C) groups is 1. The number of sulfonamides is 1. The molecule has 4 rings (SSSR count). The topological polar surface area (TPSA) is 105 Å². The summed E-state index contributed by atoms with van der Waals surface area (Å²) in [6.45, 7) is 2.02. The molecule has 2 N–H and O–H groups in total. The monoisotopic (exact) mass is 439 g/mol. The highest BCUT2D eigenvalue weighted by Crippen LogP contribution is 2.30. The van der Waals surface area contributed by atoms with Crippen LogP contribution in [0.5, 0.6) is 0 Å². The van der Waals surface area contributed by atoms with Crippen molar-refractivity contribution in [2.75, 3.05) is 4.72 Å². The molecule has 1 unspecified atom stereocenters. The third kappa shape index (κ3) is 4.54. The summed E-state index contributed by atoms with van der Waals surface area (Å²) in [7, 11) is -3.90. The largest absolute Gasteiger partial charge is 0.352 e. The van der Waals surface area contributed by atoms with Gasteiger partial charge in [0.1, 0.15) is 5.92 Å². The number of aryl methyl sites for hydroxylation is 1. The maximum absolute atomic E-state index is 13.0. The fraction of sp³-hybridized carbons (Fsp3) is 0.348. The zero-order chi connectivity index (χ0) is 22.0. The van der Waals surface area contributed by atoms with Gasteiger partial charge in [0, 0.05) is 23.5 Å². The minimum Gasteiger partial charge on any atom is -0.352 e. The molecule has 1 aliphatic carbocycles. The summed E-state index contributed by atoms with van der Waals surface area (Å²) < 4.78 is 28.2. The Morgan fingerprint density at radius 3 is 2.48 bits per heavy atom. The second kappa shape index (κ2) is 8.63. The summed E-state index contributed by atoms with van der Waals surface area (Å²) >= 11 is 0. The lowest BCUT2D eigenvalue weighted by Crippen LogP contribution is -2.42. The summed E-state index contributed by atoms with van der Waals surface area (Å²) in [5.74, 6) is -1.86. The first kappa shape index (κ1) is 21.2. The van der Waals surface area contributed by atoms with Crippen LogP contribution in [0.2, 0.25) is 0 Å². The molecule has 8 heteroatoms. The van der Waals surface area contributed by atoms with Crippen molar-refractivity contribution < 1.29 is 18.0 Å². The number of carbonyl (C=O) groups is 2. The van der Waals surface area contributed by atoms with E-state index in [9.17, 15) is 18.0 Å². The number of carbonyl (C=O) groups excluding carboxylic acids is 2. The van der Waals surface area contributed by atoms with Crippen molar-refractivity contribution in [3.63, 3.8) is 0 Å². The highest BCUT2D eigenvalue weighted by atomic mass is 32.2. The predicted octanol–water partition coefficient (Wildman–Crippen LogP) is 3.62. The van der Waals surface area contributed by atoms with Gasteiger partial charge in [0.25, 0.3) is 10.0 Å². The molecule has 0 bridgehead atoms. The fourth-order valence-corrected chi connectivity index (χ4v) is 5.04. The van der Waals surface area contributed by atoms with Crippen molar-refractivity contribution in [3.05, 3.63) is 53.6 Å². The summed E-state index contributed by atoms with van der Waals surface area (Å²) in [6.07, 6.45) is 6.15. The van der Waals surface area contributed by atoms with Crippen molar-refractivity contribution in [3.8, 4) is 0 Å². The first-order valence-electron chi connectivity index (χ1n) is 10.5. The van der Waals surface area contributed by atoms with Crippen molar-refractivity contribution in [2.24, 2.45) is 10.9 Å². The van der Waals surface area contributed by atoms with E-state index in [-0.39, 0.29) is 22.4 Å². The van der Waals surface area contributed by atoms with Crippen LogP contribution in [0.1, 0.15) is 48.5 Å². The van der Waals surface area contributed by atoms with Crippen molar-refractivity contribution in [2.45, 2.75) is 50.0 Å². The molecule has 7 nitrogen and oxygen atoms in total. The van der Waals surface area contributed by atoms with Crippen molar-refractivity contribution >= 4 is 39.3 Å². The van der Waals surface area contributed by atoms with E-state index in [1.54, 1.807) is 12.1 Å². The number of hydrogen-bond acceptors (Lipinski definition) is 5. The predicted molar refractivity (Wildman–Crippen MR) is 119 cm³/mol. The molecule has 1 aliphatic heterocycles. The molecule has 2 aromatic rings. The number of amides is 1. The SMILES string of the molecule is CCc1ccc(NS(=O)(=O)c2ccc3c(c2)C(=O)C(C(=O)NC2CCCC2)C=N3)cc1. The van der Waals surface area contributed by atoms with Gasteiger partial charge in [-0.2, -0.15) is 0 Å². The standard InChI is InChI=1S/C23H25N3O4S/c1-2-15-7-9-17(10-8-15)26-31(29,30)18-11-12-21-19(13-18)22(27)20(14-24-21)23(28)25-16-5-3-4-6-16/h7-14,16,20,26H,2-6H2,1H3,(H,25,28). The van der Waals surface area contributed by atoms with Gasteiger partial charge in [0.05, 0.1) is 10.6 Å². The molecule has 1 saturated carbocycles. The number of Topliss-reactive ketones (excluding diaryl/α,β-unsaturated/α-hetero) is 1. The smallest absolute Gasteiger partial charge is 0.261 e. The van der Waals surface area contributed by atoms with E-state index in [2.05, 4.69) is 15.0 Å². The Morgan fingerprint density at radius 1 is 1.10 bits per heavy atom. The Kier molecular flexibility index (Phi) is 5.91. The van der Waals surface area contributed by atoms with Crippen LogP contribution in [0.15, 0.2) is 52.4 Å². The van der Waals surface area contributed by atoms with Crippen LogP contribution in [-0.2, 0) is 21.2 Å². The number of benzene rings is 2. The summed E-state index contributed by atoms with van der Waals surface area (Å²) in [6, 6.07) is 11.4. The molecule has 2 aliphatic rings. The molecular formula is C23H25N3O4S. The molecule has 1 amide bonds. The molecule has 0 aromatic heterocycles. The lowest BCUT2D eigenvalue weighted by atomic mass is 9.93. The third-order valence-electron chi connectivity index (χ3n) is 5.79. The maximum Gasteiger partial charge on any atom is 0.261 e. The first-order valence-corrected chi connectivity index (χ1v) is 12.0. The quantitative estimate of drug-likeness (QED) is 0.671. The zero-order valence-corrected chi connectivity index (χ0v) is 18.1.